The van der Waals surface area contributed by atoms with Gasteiger partial charge in [-0.25, -0.2) is 5.12 Å². The van der Waals surface area contributed by atoms with Gasteiger partial charge in [-0.05, 0) is 0 Å². The molecule has 1 aliphatic rings. The zero-order chi connectivity index (χ0) is 5.11. The third-order valence-electron chi connectivity index (χ3n) is 0.792. The van der Waals surface area contributed by atoms with Gasteiger partial charge in [-0.3, -0.25) is 5.32 Å². The number of nitrogens with zero attached hydrogens (tertiary/aromatic N) is 1. The van der Waals surface area contributed by atoms with Crippen LogP contribution in [0.5, 0.6) is 0 Å². The van der Waals surface area contributed by atoms with Gasteiger partial charge in [0.05, 0.1) is 6.67 Å². The van der Waals surface area contributed by atoms with Gasteiger partial charge in [0.2, 0.25) is 0 Å². The summed E-state index contributed by atoms with van der Waals surface area (Å²) in [5.41, 5.74) is 0. The van der Waals surface area contributed by atoms with Gasteiger partial charge in [0.15, 0.2) is 0 Å². The summed E-state index contributed by atoms with van der Waals surface area (Å²) in [6, 6.07) is 0. The van der Waals surface area contributed by atoms with E-state index >= 15 is 0 Å². The van der Waals surface area contributed by atoms with Crippen molar-refractivity contribution in [2.24, 2.45) is 0 Å². The van der Waals surface area contributed by atoms with Crippen LogP contribution in [0.25, 0.3) is 0 Å². The SMILES string of the molecule is FN1C=CCNC1. The summed E-state index contributed by atoms with van der Waals surface area (Å²) < 4.78 is 11.9. The normalized spacial score (nSPS) is 20.4. The van der Waals surface area contributed by atoms with Crippen LogP contribution in [0.4, 0.5) is 4.48 Å². The van der Waals surface area contributed by atoms with Gasteiger partial charge in [-0.2, -0.15) is 0 Å². The monoisotopic (exact) mass is 102 g/mol. The van der Waals surface area contributed by atoms with E-state index in [-0.39, 0.29) is 0 Å². The molecule has 0 bridgehead atoms. The molecule has 0 amide bonds. The van der Waals surface area contributed by atoms with Crippen molar-refractivity contribution in [3.05, 3.63) is 12.3 Å². The average Bonchev–Trinajstić information content (AvgIpc) is 1.69. The van der Waals surface area contributed by atoms with E-state index in [1.54, 1.807) is 6.08 Å². The molecule has 0 radical (unpaired) electrons. The second-order valence-corrected chi connectivity index (χ2v) is 1.40. The average molecular weight is 102 g/mol. The predicted molar refractivity (Wildman–Crippen MR) is 25.0 cm³/mol. The number of rotatable bonds is 0. The maximum absolute atomic E-state index is 11.9. The fourth-order valence-electron chi connectivity index (χ4n) is 0.474. The van der Waals surface area contributed by atoms with E-state index in [9.17, 15) is 4.48 Å². The van der Waals surface area contributed by atoms with Crippen molar-refractivity contribution in [1.82, 2.24) is 10.4 Å². The van der Waals surface area contributed by atoms with Crippen molar-refractivity contribution in [3.8, 4) is 0 Å². The standard InChI is InChI=1S/C4H7FN2/c5-7-3-1-2-6-4-7/h1,3,6H,2,4H2. The Morgan fingerprint density at radius 3 is 2.86 bits per heavy atom. The van der Waals surface area contributed by atoms with Gasteiger partial charge in [-0.1, -0.05) is 10.6 Å². The molecule has 1 aliphatic heterocycles. The summed E-state index contributed by atoms with van der Waals surface area (Å²) in [6.45, 7) is 1.09. The Morgan fingerprint density at radius 1 is 1.71 bits per heavy atom. The van der Waals surface area contributed by atoms with Crippen molar-refractivity contribution in [1.29, 1.82) is 0 Å². The van der Waals surface area contributed by atoms with E-state index < -0.39 is 0 Å². The summed E-state index contributed by atoms with van der Waals surface area (Å²) in [5.74, 6) is 0. The Hall–Kier alpha value is -0.570. The number of halogens is 1. The molecule has 1 heterocycles. The summed E-state index contributed by atoms with van der Waals surface area (Å²) in [4.78, 5) is 0. The lowest BCUT2D eigenvalue weighted by atomic mass is 10.5. The van der Waals surface area contributed by atoms with Gasteiger partial charge in [0.1, 0.15) is 0 Å². The van der Waals surface area contributed by atoms with Gasteiger partial charge >= 0.3 is 0 Å². The van der Waals surface area contributed by atoms with Crippen LogP contribution in [0.2, 0.25) is 0 Å². The first kappa shape index (κ1) is 4.59. The minimum absolute atomic E-state index is 0.316. The largest absolute Gasteiger partial charge is 0.294 e. The molecule has 0 aromatic rings. The third kappa shape index (κ3) is 1.16. The van der Waals surface area contributed by atoms with Crippen LogP contribution in [0.1, 0.15) is 0 Å². The van der Waals surface area contributed by atoms with E-state index in [1.807, 2.05) is 0 Å². The maximum Gasteiger partial charge on any atom is 0.0996 e. The molecule has 0 atom stereocenters. The minimum Gasteiger partial charge on any atom is -0.294 e. The lowest BCUT2D eigenvalue weighted by Gasteiger charge is -2.12. The molecule has 3 heteroatoms. The number of hydrogen-bond donors (Lipinski definition) is 1. The zero-order valence-electron chi connectivity index (χ0n) is 3.89. The Bertz CT molecular complexity index is 81.8. The summed E-state index contributed by atoms with van der Waals surface area (Å²) >= 11 is 0. The molecule has 1 rings (SSSR count). The molecule has 0 saturated carbocycles. The van der Waals surface area contributed by atoms with Gasteiger partial charge in [0, 0.05) is 12.7 Å². The Kier molecular flexibility index (Phi) is 1.26. The highest BCUT2D eigenvalue weighted by Gasteiger charge is 1.96. The van der Waals surface area contributed by atoms with Crippen molar-refractivity contribution in [2.75, 3.05) is 13.2 Å². The minimum atomic E-state index is 0.316. The summed E-state index contributed by atoms with van der Waals surface area (Å²) in [7, 11) is 0. The van der Waals surface area contributed by atoms with Crippen LogP contribution in [0.15, 0.2) is 12.3 Å². The van der Waals surface area contributed by atoms with E-state index in [0.717, 1.165) is 6.54 Å². The highest BCUT2D eigenvalue weighted by Crippen LogP contribution is 1.90. The van der Waals surface area contributed by atoms with Crippen LogP contribution in [-0.2, 0) is 0 Å². The molecule has 7 heavy (non-hydrogen) atoms. The molecule has 0 unspecified atom stereocenters. The molecule has 1 N–H and O–H groups in total. The first-order valence-corrected chi connectivity index (χ1v) is 2.19. The van der Waals surface area contributed by atoms with Gasteiger partial charge < -0.3 is 0 Å². The zero-order valence-corrected chi connectivity index (χ0v) is 3.89. The lowest BCUT2D eigenvalue weighted by molar-refractivity contribution is 0.0735. The number of hydrogen-bond acceptors (Lipinski definition) is 2. The molecule has 2 nitrogen and oxygen atoms in total. The maximum atomic E-state index is 11.9. The van der Waals surface area contributed by atoms with E-state index in [2.05, 4.69) is 5.32 Å². The molecule has 0 aromatic heterocycles. The van der Waals surface area contributed by atoms with Crippen molar-refractivity contribution < 1.29 is 4.48 Å². The van der Waals surface area contributed by atoms with E-state index in [4.69, 9.17) is 0 Å². The fourth-order valence-corrected chi connectivity index (χ4v) is 0.474. The van der Waals surface area contributed by atoms with Crippen LogP contribution in [-0.4, -0.2) is 18.3 Å². The molecule has 0 spiro atoms. The van der Waals surface area contributed by atoms with Crippen molar-refractivity contribution in [3.63, 3.8) is 0 Å². The smallest absolute Gasteiger partial charge is 0.0996 e. The first-order chi connectivity index (χ1) is 3.39. The topological polar surface area (TPSA) is 15.3 Å². The lowest BCUT2D eigenvalue weighted by Crippen LogP contribution is -2.28. The Labute approximate surface area is 41.5 Å². The van der Waals surface area contributed by atoms with Crippen LogP contribution < -0.4 is 5.32 Å². The molecule has 0 aromatic carbocycles. The molecule has 0 saturated heterocycles. The first-order valence-electron chi connectivity index (χ1n) is 2.19. The van der Waals surface area contributed by atoms with E-state index in [0.29, 0.717) is 11.8 Å². The van der Waals surface area contributed by atoms with Crippen LogP contribution in [0, 0.1) is 0 Å². The summed E-state index contributed by atoms with van der Waals surface area (Å²) in [5, 5.41) is 3.40. The predicted octanol–water partition coefficient (Wildman–Crippen LogP) is 0.247. The Balaban J connectivity index is 2.36. The molecular formula is C4H7FN2. The molecular weight excluding hydrogens is 95.1 g/mol. The second kappa shape index (κ2) is 1.93. The van der Waals surface area contributed by atoms with Crippen molar-refractivity contribution in [2.45, 2.75) is 0 Å². The second-order valence-electron chi connectivity index (χ2n) is 1.40. The van der Waals surface area contributed by atoms with Gasteiger partial charge in [0.25, 0.3) is 0 Å². The fraction of sp³-hybridized carbons (Fsp3) is 0.500. The van der Waals surface area contributed by atoms with Gasteiger partial charge in [-0.15, -0.1) is 0 Å². The molecule has 0 fully saturated rings. The van der Waals surface area contributed by atoms with E-state index in [1.165, 1.54) is 6.20 Å². The molecule has 40 valence electrons. The summed E-state index contributed by atoms with van der Waals surface area (Å²) in [6.07, 6.45) is 3.14. The third-order valence-corrected chi connectivity index (χ3v) is 0.792. The number of nitrogens with one attached hydrogen (secondary N) is 1. The highest BCUT2D eigenvalue weighted by atomic mass is 19.2. The van der Waals surface area contributed by atoms with Crippen LogP contribution in [0.3, 0.4) is 0 Å². The molecule has 0 aliphatic carbocycles. The highest BCUT2D eigenvalue weighted by molar-refractivity contribution is 4.84. The quantitative estimate of drug-likeness (QED) is 0.441. The van der Waals surface area contributed by atoms with Crippen molar-refractivity contribution >= 4 is 0 Å². The Morgan fingerprint density at radius 2 is 2.57 bits per heavy atom. The van der Waals surface area contributed by atoms with Crippen LogP contribution >= 0.6 is 0 Å².